The summed E-state index contributed by atoms with van der Waals surface area (Å²) in [5.74, 6) is -1.02. The summed E-state index contributed by atoms with van der Waals surface area (Å²) < 4.78 is 15.0. The van der Waals surface area contributed by atoms with Crippen molar-refractivity contribution in [2.45, 2.75) is 19.3 Å². The maximum atomic E-state index is 17.3. The van der Waals surface area contributed by atoms with E-state index >= 15 is 9.59 Å². The normalized spacial score (nSPS) is 13.1. The molecule has 0 atom stereocenters. The molecule has 0 saturated carbocycles. The Kier molecular flexibility index (Phi) is 11.4. The van der Waals surface area contributed by atoms with E-state index in [4.69, 9.17) is 6.64 Å². The summed E-state index contributed by atoms with van der Waals surface area (Å²) in [6.07, 6.45) is 0. The predicted molar refractivity (Wildman–Crippen MR) is 278 cm³/mol. The van der Waals surface area contributed by atoms with E-state index in [0.29, 0.717) is 0 Å². The second kappa shape index (κ2) is 18.3. The minimum absolute atomic E-state index is 0.512. The summed E-state index contributed by atoms with van der Waals surface area (Å²) in [7, 11) is 0. The SMILES string of the molecule is O=C([O][Ti]([O]C(=O)C(c1ccccc1)(c1ccccc1)c1ccccc1)([CH]1c2ccccc2-c2ccccc21)[CH]1c2ccccc2-c2ccccc21)C(c1ccccc1)(c1ccccc1)c1ccccc1. The minimum atomic E-state index is -5.70. The maximum absolute atomic E-state index is 17.3. The molecule has 0 aliphatic heterocycles. The summed E-state index contributed by atoms with van der Waals surface area (Å²) in [4.78, 5) is 34.6. The molecule has 0 heterocycles. The van der Waals surface area contributed by atoms with Crippen molar-refractivity contribution in [3.8, 4) is 22.3 Å². The number of hydrogen-bond acceptors (Lipinski definition) is 4. The Labute approximate surface area is 419 Å². The van der Waals surface area contributed by atoms with E-state index in [1.807, 2.05) is 182 Å². The fraction of sp³-hybridized carbons (Fsp3) is 0.0606. The van der Waals surface area contributed by atoms with Gasteiger partial charge in [-0.15, -0.1) is 0 Å². The summed E-state index contributed by atoms with van der Waals surface area (Å²) >= 11 is -5.70. The molecule has 0 aromatic heterocycles. The van der Waals surface area contributed by atoms with Crippen molar-refractivity contribution in [1.29, 1.82) is 0 Å². The first-order chi connectivity index (χ1) is 35.1. The van der Waals surface area contributed by atoms with Crippen molar-refractivity contribution >= 4 is 11.9 Å². The zero-order valence-electron chi connectivity index (χ0n) is 38.8. The van der Waals surface area contributed by atoms with E-state index in [-0.39, 0.29) is 0 Å². The van der Waals surface area contributed by atoms with Gasteiger partial charge in [0.05, 0.1) is 0 Å². The molecule has 4 nitrogen and oxygen atoms in total. The molecular formula is C66H48O4Ti. The standard InChI is InChI=1S/2C20H16O2.2C13H9.Ti/c2*21-19(22)20(16-10-4-1-5-11-16,17-12-6-2-7-13-17)18-14-8-3-9-15-18;2*1-3-7-12-10(5-1)9-11-6-2-4-8-13(11)12;/h2*1-15H,(H,21,22);2*1-9H;/q;;;;+2/p-2. The second-order valence-corrected chi connectivity index (χ2v) is 23.1. The third kappa shape index (κ3) is 7.01. The van der Waals surface area contributed by atoms with Crippen LogP contribution in [0.25, 0.3) is 22.3 Å². The molecule has 2 aliphatic carbocycles. The molecule has 0 N–H and O–H groups in total. The molecule has 5 heteroatoms. The Hall–Kier alpha value is -8.15. The van der Waals surface area contributed by atoms with Gasteiger partial charge in [-0.05, 0) is 0 Å². The van der Waals surface area contributed by atoms with E-state index < -0.39 is 48.6 Å². The fourth-order valence-electron chi connectivity index (χ4n) is 11.9. The van der Waals surface area contributed by atoms with Gasteiger partial charge >= 0.3 is 422 Å². The first-order valence-corrected chi connectivity index (χ1v) is 27.3. The van der Waals surface area contributed by atoms with Gasteiger partial charge in [0, 0.05) is 0 Å². The zero-order valence-corrected chi connectivity index (χ0v) is 40.4. The van der Waals surface area contributed by atoms with E-state index in [2.05, 4.69) is 97.1 Å². The predicted octanol–water partition coefficient (Wildman–Crippen LogP) is 14.7. The number of benzene rings is 10. The van der Waals surface area contributed by atoms with Crippen LogP contribution in [-0.4, -0.2) is 11.9 Å². The molecule has 0 saturated heterocycles. The van der Waals surface area contributed by atoms with Gasteiger partial charge in [0.2, 0.25) is 0 Å². The number of hydrogen-bond donors (Lipinski definition) is 0. The third-order valence-electron chi connectivity index (χ3n) is 14.8. The van der Waals surface area contributed by atoms with Gasteiger partial charge in [0.1, 0.15) is 0 Å². The van der Waals surface area contributed by atoms with E-state index in [0.717, 1.165) is 77.9 Å². The van der Waals surface area contributed by atoms with Gasteiger partial charge in [0.15, 0.2) is 0 Å². The topological polar surface area (TPSA) is 52.6 Å². The van der Waals surface area contributed by atoms with Crippen LogP contribution in [-0.2, 0) is 44.4 Å². The Morgan fingerprint density at radius 2 is 0.451 bits per heavy atom. The van der Waals surface area contributed by atoms with Crippen LogP contribution in [0.2, 0.25) is 0 Å². The van der Waals surface area contributed by atoms with Crippen molar-refractivity contribution in [3.05, 3.63) is 335 Å². The molecule has 10 aromatic rings. The number of fused-ring (bicyclic) bond motifs is 6. The molecule has 0 radical (unpaired) electrons. The molecular weight excluding hydrogens is 905 g/mol. The fourth-order valence-corrected chi connectivity index (χ4v) is 18.9. The van der Waals surface area contributed by atoms with Gasteiger partial charge in [-0.1, -0.05) is 0 Å². The Morgan fingerprint density at radius 1 is 0.268 bits per heavy atom. The molecule has 10 aromatic carbocycles. The summed E-state index contributed by atoms with van der Waals surface area (Å²) in [5.41, 5.74) is 9.31. The first-order valence-electron chi connectivity index (χ1n) is 24.2. The second-order valence-electron chi connectivity index (χ2n) is 18.4. The Bertz CT molecular complexity index is 3010. The molecule has 71 heavy (non-hydrogen) atoms. The van der Waals surface area contributed by atoms with Gasteiger partial charge in [-0.25, -0.2) is 0 Å². The Morgan fingerprint density at radius 3 is 0.662 bits per heavy atom. The first kappa shape index (κ1) is 44.1. The van der Waals surface area contributed by atoms with Gasteiger partial charge in [0.25, 0.3) is 0 Å². The van der Waals surface area contributed by atoms with Crippen LogP contribution in [0.4, 0.5) is 0 Å². The number of carbonyl (C=O) groups excluding carboxylic acids is 2. The van der Waals surface area contributed by atoms with Crippen LogP contribution in [0.5, 0.6) is 0 Å². The van der Waals surface area contributed by atoms with Crippen molar-refractivity contribution in [3.63, 3.8) is 0 Å². The van der Waals surface area contributed by atoms with Gasteiger partial charge in [-0.2, -0.15) is 0 Å². The van der Waals surface area contributed by atoms with Gasteiger partial charge in [-0.3, -0.25) is 0 Å². The third-order valence-corrected chi connectivity index (χ3v) is 20.9. The van der Waals surface area contributed by atoms with Gasteiger partial charge < -0.3 is 0 Å². The average Bonchev–Trinajstić information content (AvgIpc) is 3.97. The van der Waals surface area contributed by atoms with E-state index in [1.54, 1.807) is 0 Å². The van der Waals surface area contributed by atoms with Crippen molar-refractivity contribution in [1.82, 2.24) is 0 Å². The van der Waals surface area contributed by atoms with Crippen LogP contribution in [0.1, 0.15) is 64.1 Å². The number of rotatable bonds is 12. The van der Waals surface area contributed by atoms with E-state index in [1.165, 1.54) is 0 Å². The molecule has 0 spiro atoms. The van der Waals surface area contributed by atoms with Crippen LogP contribution in [0.15, 0.2) is 279 Å². The monoisotopic (exact) mass is 952 g/mol. The zero-order chi connectivity index (χ0) is 47.8. The van der Waals surface area contributed by atoms with Crippen molar-refractivity contribution < 1.29 is 33.6 Å². The molecule has 0 amide bonds. The van der Waals surface area contributed by atoms with Crippen LogP contribution in [0, 0.1) is 0 Å². The summed E-state index contributed by atoms with van der Waals surface area (Å²) in [6.45, 7) is 0. The van der Waals surface area contributed by atoms with Crippen LogP contribution >= 0.6 is 0 Å². The van der Waals surface area contributed by atoms with Crippen molar-refractivity contribution in [2.24, 2.45) is 0 Å². The molecule has 0 unspecified atom stereocenters. The van der Waals surface area contributed by atoms with E-state index in [9.17, 15) is 0 Å². The summed E-state index contributed by atoms with van der Waals surface area (Å²) in [6, 6.07) is 93.1. The summed E-state index contributed by atoms with van der Waals surface area (Å²) in [5, 5.41) is 0. The molecule has 12 rings (SSSR count). The van der Waals surface area contributed by atoms with Crippen LogP contribution < -0.4 is 0 Å². The molecule has 340 valence electrons. The quantitative estimate of drug-likeness (QED) is 0.0904. The molecule has 0 fully saturated rings. The number of carbonyl (C=O) groups is 2. The Balaban J connectivity index is 1.23. The van der Waals surface area contributed by atoms with Crippen LogP contribution in [0.3, 0.4) is 0 Å². The molecule has 0 bridgehead atoms. The molecule has 2 aliphatic rings. The van der Waals surface area contributed by atoms with Crippen molar-refractivity contribution in [2.75, 3.05) is 0 Å². The average molecular weight is 953 g/mol.